The summed E-state index contributed by atoms with van der Waals surface area (Å²) < 4.78 is 1.64. The van der Waals surface area contributed by atoms with E-state index >= 15 is 0 Å². The van der Waals surface area contributed by atoms with E-state index in [0.29, 0.717) is 0 Å². The van der Waals surface area contributed by atoms with Crippen molar-refractivity contribution in [2.24, 2.45) is 0 Å². The summed E-state index contributed by atoms with van der Waals surface area (Å²) in [6.07, 6.45) is 27.5. The molecule has 0 atom stereocenters. The van der Waals surface area contributed by atoms with Gasteiger partial charge in [0.15, 0.2) is 0 Å². The van der Waals surface area contributed by atoms with Crippen molar-refractivity contribution in [1.82, 2.24) is 0 Å². The Labute approximate surface area is 303 Å². The van der Waals surface area contributed by atoms with Crippen LogP contribution in [0.15, 0.2) is 35.4 Å². The van der Waals surface area contributed by atoms with Gasteiger partial charge in [-0.25, -0.2) is 4.70 Å². The van der Waals surface area contributed by atoms with Gasteiger partial charge in [0.2, 0.25) is 11.4 Å². The summed E-state index contributed by atoms with van der Waals surface area (Å²) >= 11 is 0. The smallest absolute Gasteiger partial charge is 0.211 e. The molecule has 0 aromatic heterocycles. The van der Waals surface area contributed by atoms with Gasteiger partial charge in [0.25, 0.3) is 0 Å². The Kier molecular flexibility index (Phi) is 18.7. The predicted molar refractivity (Wildman–Crippen MR) is 216 cm³/mol. The summed E-state index contributed by atoms with van der Waals surface area (Å²) in [6.45, 7) is 18.5. The van der Waals surface area contributed by atoms with Crippen LogP contribution in [0.4, 0.5) is 0 Å². The fraction of sp³-hybridized carbons (Fsp3) is 0.660. The van der Waals surface area contributed by atoms with Gasteiger partial charge in [0.05, 0.1) is 0 Å². The molecule has 1 heterocycles. The lowest BCUT2D eigenvalue weighted by atomic mass is 9.87. The number of hydrogen-bond donors (Lipinski definition) is 0. The Morgan fingerprint density at radius 3 is 1.08 bits per heavy atom. The largest absolute Gasteiger partial charge is 0.493 e. The van der Waals surface area contributed by atoms with Crippen molar-refractivity contribution in [3.63, 3.8) is 0 Å². The Bertz CT molecular complexity index is 1330. The van der Waals surface area contributed by atoms with Crippen LogP contribution in [0.5, 0.6) is 0 Å². The Morgan fingerprint density at radius 1 is 0.408 bits per heavy atom. The van der Waals surface area contributed by atoms with E-state index in [1.807, 2.05) is 0 Å². The molecular formula is C47H74N2. The average Bonchev–Trinajstić information content (AvgIpc) is 3.36. The maximum absolute atomic E-state index is 12.5. The number of benzene rings is 2. The average molecular weight is 667 g/mol. The third-order valence-electron chi connectivity index (χ3n) is 11.0. The maximum Gasteiger partial charge on any atom is 0.211 e. The lowest BCUT2D eigenvalue weighted by Gasteiger charge is -2.20. The molecule has 0 amide bonds. The minimum Gasteiger partial charge on any atom is -0.493 e. The van der Waals surface area contributed by atoms with E-state index in [9.17, 15) is 5.53 Å². The molecular weight excluding hydrogens is 593 g/mol. The molecule has 1 aliphatic rings. The molecule has 3 rings (SSSR count). The monoisotopic (exact) mass is 667 g/mol. The van der Waals surface area contributed by atoms with Crippen LogP contribution in [-0.4, -0.2) is 4.70 Å². The molecule has 1 aliphatic heterocycles. The molecule has 2 heteroatoms. The number of nitrogens with zero attached hydrogens (tertiary/aromatic N) is 2. The Morgan fingerprint density at radius 2 is 0.735 bits per heavy atom. The molecule has 2 aromatic carbocycles. The summed E-state index contributed by atoms with van der Waals surface area (Å²) in [5.74, 6) is 0. The highest BCUT2D eigenvalue weighted by Crippen LogP contribution is 2.44. The van der Waals surface area contributed by atoms with Crippen LogP contribution in [0.3, 0.4) is 0 Å². The van der Waals surface area contributed by atoms with Crippen LogP contribution in [0.2, 0.25) is 0 Å². The highest BCUT2D eigenvalue weighted by molar-refractivity contribution is 5.82. The zero-order valence-electron chi connectivity index (χ0n) is 33.5. The number of hydrogen-bond acceptors (Lipinski definition) is 0. The molecule has 0 saturated heterocycles. The van der Waals surface area contributed by atoms with Crippen molar-refractivity contribution in [2.75, 3.05) is 0 Å². The molecule has 49 heavy (non-hydrogen) atoms. The third kappa shape index (κ3) is 11.3. The van der Waals surface area contributed by atoms with Crippen molar-refractivity contribution >= 4 is 11.4 Å². The molecule has 0 unspecified atom stereocenters. The molecule has 0 aliphatic carbocycles. The zero-order valence-corrected chi connectivity index (χ0v) is 33.5. The second-order valence-electron chi connectivity index (χ2n) is 15.1. The molecule has 0 radical (unpaired) electrons. The van der Waals surface area contributed by atoms with E-state index < -0.39 is 0 Å². The number of unbranched alkanes of at least 4 members (excludes halogenated alkanes) is 9. The zero-order chi connectivity index (χ0) is 35.6. The van der Waals surface area contributed by atoms with Crippen LogP contribution in [-0.2, 0) is 38.5 Å². The molecule has 0 saturated carbocycles. The highest BCUT2D eigenvalue weighted by Gasteiger charge is 2.34. The van der Waals surface area contributed by atoms with Crippen LogP contribution in [0.1, 0.15) is 209 Å². The van der Waals surface area contributed by atoms with Crippen molar-refractivity contribution < 1.29 is 4.70 Å². The maximum atomic E-state index is 12.5. The van der Waals surface area contributed by atoms with Gasteiger partial charge in [-0.3, -0.25) is 0 Å². The van der Waals surface area contributed by atoms with Gasteiger partial charge >= 0.3 is 0 Å². The quantitative estimate of drug-likeness (QED) is 0.0744. The minimum absolute atomic E-state index is 1.01. The van der Waals surface area contributed by atoms with Gasteiger partial charge in [-0.1, -0.05) is 106 Å². The first-order valence-electron chi connectivity index (χ1n) is 21.1. The highest BCUT2D eigenvalue weighted by atomic mass is 15.2. The molecule has 0 N–H and O–H groups in total. The summed E-state index contributed by atoms with van der Waals surface area (Å²) in [5, 5.41) is 0. The molecule has 2 nitrogen and oxygen atoms in total. The number of aryl methyl sites for hydroxylation is 4. The van der Waals surface area contributed by atoms with E-state index in [1.165, 1.54) is 147 Å². The van der Waals surface area contributed by atoms with Gasteiger partial charge in [-0.2, -0.15) is 0 Å². The first-order chi connectivity index (χ1) is 23.9. The standard InChI is InChI=1S/C47H74N2/c1-9-16-23-30-44-37(25-18-11-3)32-41(33-38(44)26-19-12-4)46-36(8)43(29-22-15-7)47(49(46)48)42-34-39(27-20-13-5)45(31-24-17-10-2)40(35-42)28-21-14-6/h32-35H,9-31H2,1-8H3. The van der Waals surface area contributed by atoms with E-state index in [-0.39, 0.29) is 0 Å². The summed E-state index contributed by atoms with van der Waals surface area (Å²) in [6, 6.07) is 9.93. The van der Waals surface area contributed by atoms with E-state index in [0.717, 1.165) is 56.3 Å². The first kappa shape index (κ1) is 40.9. The molecule has 0 fully saturated rings. The summed E-state index contributed by atoms with van der Waals surface area (Å²) in [4.78, 5) is 0. The summed E-state index contributed by atoms with van der Waals surface area (Å²) in [7, 11) is 0. The lowest BCUT2D eigenvalue weighted by molar-refractivity contribution is -0.345. The fourth-order valence-corrected chi connectivity index (χ4v) is 7.99. The van der Waals surface area contributed by atoms with E-state index in [2.05, 4.69) is 79.7 Å². The van der Waals surface area contributed by atoms with Crippen molar-refractivity contribution in [2.45, 2.75) is 203 Å². The van der Waals surface area contributed by atoms with Crippen LogP contribution in [0, 0.1) is 0 Å². The Balaban J connectivity index is 2.23. The second-order valence-corrected chi connectivity index (χ2v) is 15.1. The SMILES string of the molecule is CCCCCc1c(CCCC)cc(C2=C(C)C(CCCC)=C(c3cc(CCCC)c(CCCCC)c(CCCC)c3)[N+]2=[N-])cc1CCCC. The van der Waals surface area contributed by atoms with Crippen LogP contribution in [0.25, 0.3) is 16.9 Å². The normalized spacial score (nSPS) is 13.4. The first-order valence-corrected chi connectivity index (χ1v) is 21.1. The van der Waals surface area contributed by atoms with E-state index in [4.69, 9.17) is 0 Å². The third-order valence-corrected chi connectivity index (χ3v) is 11.0. The second kappa shape index (κ2) is 22.4. The van der Waals surface area contributed by atoms with Gasteiger partial charge in [-0.15, -0.1) is 0 Å². The van der Waals surface area contributed by atoms with Crippen molar-refractivity contribution in [1.29, 1.82) is 0 Å². The number of allylic oxidation sites excluding steroid dienone is 2. The van der Waals surface area contributed by atoms with Crippen molar-refractivity contribution in [3.8, 4) is 0 Å². The van der Waals surface area contributed by atoms with E-state index in [1.54, 1.807) is 15.8 Å². The van der Waals surface area contributed by atoms with Gasteiger partial charge in [0, 0.05) is 22.3 Å². The number of rotatable bonds is 25. The molecule has 272 valence electrons. The van der Waals surface area contributed by atoms with Crippen LogP contribution < -0.4 is 0 Å². The minimum atomic E-state index is 1.01. The molecule has 2 aromatic rings. The van der Waals surface area contributed by atoms with Gasteiger partial charge < -0.3 is 5.53 Å². The molecule has 0 bridgehead atoms. The van der Waals surface area contributed by atoms with Crippen LogP contribution >= 0.6 is 0 Å². The lowest BCUT2D eigenvalue weighted by Crippen LogP contribution is -2.09. The van der Waals surface area contributed by atoms with Crippen molar-refractivity contribution in [3.05, 3.63) is 85.5 Å². The predicted octanol–water partition coefficient (Wildman–Crippen LogP) is 14.9. The van der Waals surface area contributed by atoms with Gasteiger partial charge in [-0.05, 0) is 154 Å². The molecule has 0 spiro atoms. The summed E-state index contributed by atoms with van der Waals surface area (Å²) in [5.41, 5.74) is 28.9. The topological polar surface area (TPSA) is 25.3 Å². The van der Waals surface area contributed by atoms with Gasteiger partial charge in [0.1, 0.15) is 0 Å². The fourth-order valence-electron chi connectivity index (χ4n) is 7.99. The Hall–Kier alpha value is -2.48.